The van der Waals surface area contributed by atoms with Crippen molar-refractivity contribution in [1.29, 1.82) is 0 Å². The van der Waals surface area contributed by atoms with Crippen LogP contribution in [0.5, 0.6) is 0 Å². The highest BCUT2D eigenvalue weighted by molar-refractivity contribution is 5.95. The van der Waals surface area contributed by atoms with Crippen LogP contribution in [0.25, 0.3) is 11.3 Å². The van der Waals surface area contributed by atoms with Crippen molar-refractivity contribution < 1.29 is 9.90 Å². The van der Waals surface area contributed by atoms with Crippen LogP contribution in [0.4, 0.5) is 0 Å². The van der Waals surface area contributed by atoms with Crippen LogP contribution in [0.1, 0.15) is 67.1 Å². The largest absolute Gasteiger partial charge is 0.478 e. The number of aryl methyl sites for hydroxylation is 2. The Morgan fingerprint density at radius 2 is 1.90 bits per heavy atom. The highest BCUT2D eigenvalue weighted by atomic mass is 16.4. The summed E-state index contributed by atoms with van der Waals surface area (Å²) < 4.78 is 2.01. The molecule has 0 saturated heterocycles. The van der Waals surface area contributed by atoms with E-state index in [1.165, 1.54) is 12.8 Å². The summed E-state index contributed by atoms with van der Waals surface area (Å²) in [6.45, 7) is 5.19. The lowest BCUT2D eigenvalue weighted by Gasteiger charge is -2.07. The molecule has 2 heterocycles. The first kappa shape index (κ1) is 20.7. The van der Waals surface area contributed by atoms with Gasteiger partial charge >= 0.3 is 5.97 Å². The van der Waals surface area contributed by atoms with Crippen LogP contribution in [0, 0.1) is 0 Å². The monoisotopic (exact) mass is 392 g/mol. The molecular formula is C23H28N4O2. The summed E-state index contributed by atoms with van der Waals surface area (Å²) in [6, 6.07) is 10.8. The van der Waals surface area contributed by atoms with Crippen molar-refractivity contribution in [2.75, 3.05) is 0 Å². The zero-order valence-electron chi connectivity index (χ0n) is 17.1. The van der Waals surface area contributed by atoms with E-state index in [-0.39, 0.29) is 5.56 Å². The zero-order valence-corrected chi connectivity index (χ0v) is 17.1. The van der Waals surface area contributed by atoms with Crippen molar-refractivity contribution >= 4 is 5.97 Å². The number of carboxylic acids is 1. The van der Waals surface area contributed by atoms with Gasteiger partial charge < -0.3 is 5.11 Å². The maximum absolute atomic E-state index is 11.5. The Bertz CT molecular complexity index is 948. The number of carboxylic acid groups (broad SMARTS) is 1. The summed E-state index contributed by atoms with van der Waals surface area (Å²) in [5.74, 6) is 0.926. The van der Waals surface area contributed by atoms with Gasteiger partial charge in [0.2, 0.25) is 0 Å². The summed E-state index contributed by atoms with van der Waals surface area (Å²) in [6.07, 6.45) is 7.89. The third kappa shape index (κ3) is 5.28. The molecule has 0 bridgehead atoms. The van der Waals surface area contributed by atoms with Crippen LogP contribution >= 0.6 is 0 Å². The molecule has 3 aromatic rings. The van der Waals surface area contributed by atoms with E-state index in [1.54, 1.807) is 24.4 Å². The molecule has 1 aromatic carbocycles. The molecule has 0 radical (unpaired) electrons. The molecule has 0 aliphatic heterocycles. The fraction of sp³-hybridized carbons (Fsp3) is 0.391. The molecule has 29 heavy (non-hydrogen) atoms. The van der Waals surface area contributed by atoms with Gasteiger partial charge in [-0.3, -0.25) is 4.98 Å². The number of aromatic carboxylic acids is 1. The number of carbonyl (C=O) groups is 1. The van der Waals surface area contributed by atoms with Crippen LogP contribution in [-0.2, 0) is 19.4 Å². The van der Waals surface area contributed by atoms with Gasteiger partial charge in [-0.15, -0.1) is 0 Å². The molecule has 0 aliphatic carbocycles. The van der Waals surface area contributed by atoms with E-state index in [2.05, 4.69) is 23.9 Å². The average molecular weight is 393 g/mol. The Morgan fingerprint density at radius 1 is 1.07 bits per heavy atom. The first-order chi connectivity index (χ1) is 14.1. The van der Waals surface area contributed by atoms with E-state index in [0.717, 1.165) is 43.0 Å². The minimum Gasteiger partial charge on any atom is -0.478 e. The highest BCUT2D eigenvalue weighted by Gasteiger charge is 2.13. The van der Waals surface area contributed by atoms with Gasteiger partial charge in [0, 0.05) is 31.1 Å². The van der Waals surface area contributed by atoms with Gasteiger partial charge in [0.15, 0.2) is 5.82 Å². The van der Waals surface area contributed by atoms with Gasteiger partial charge in [-0.05, 0) is 30.5 Å². The van der Waals surface area contributed by atoms with Gasteiger partial charge in [0.05, 0.1) is 11.3 Å². The van der Waals surface area contributed by atoms with Crippen molar-refractivity contribution in [3.63, 3.8) is 0 Å². The van der Waals surface area contributed by atoms with Crippen molar-refractivity contribution in [3.05, 3.63) is 65.4 Å². The maximum Gasteiger partial charge on any atom is 0.336 e. The fourth-order valence-corrected chi connectivity index (χ4v) is 3.35. The third-order valence-corrected chi connectivity index (χ3v) is 4.85. The second-order valence-electron chi connectivity index (χ2n) is 7.20. The molecule has 0 aliphatic rings. The molecule has 0 fully saturated rings. The summed E-state index contributed by atoms with van der Waals surface area (Å²) in [5, 5.41) is 14.1. The van der Waals surface area contributed by atoms with E-state index in [1.807, 2.05) is 22.9 Å². The molecule has 0 saturated carbocycles. The van der Waals surface area contributed by atoms with Crippen molar-refractivity contribution in [2.24, 2.45) is 0 Å². The van der Waals surface area contributed by atoms with Crippen molar-refractivity contribution in [3.8, 4) is 11.3 Å². The number of hydrogen-bond acceptors (Lipinski definition) is 4. The summed E-state index contributed by atoms with van der Waals surface area (Å²) >= 11 is 0. The van der Waals surface area contributed by atoms with Crippen LogP contribution in [0.2, 0.25) is 0 Å². The Kier molecular flexibility index (Phi) is 7.11. The lowest BCUT2D eigenvalue weighted by Crippen LogP contribution is -2.06. The third-order valence-electron chi connectivity index (χ3n) is 4.85. The molecular weight excluding hydrogens is 364 g/mol. The number of aromatic nitrogens is 4. The number of nitrogens with zero attached hydrogens (tertiary/aromatic N) is 4. The topological polar surface area (TPSA) is 80.9 Å². The summed E-state index contributed by atoms with van der Waals surface area (Å²) in [5.41, 5.74) is 2.57. The summed E-state index contributed by atoms with van der Waals surface area (Å²) in [4.78, 5) is 20.7. The van der Waals surface area contributed by atoms with Crippen LogP contribution < -0.4 is 0 Å². The lowest BCUT2D eigenvalue weighted by atomic mass is 10.0. The lowest BCUT2D eigenvalue weighted by molar-refractivity contribution is 0.0697. The van der Waals surface area contributed by atoms with E-state index >= 15 is 0 Å². The SMILES string of the molecule is CCCCCc1nc(Cc2ccc(-c3ccccc3C(=O)O)nc2)n(CCC)n1. The highest BCUT2D eigenvalue weighted by Crippen LogP contribution is 2.22. The van der Waals surface area contributed by atoms with Gasteiger partial charge in [-0.25, -0.2) is 14.5 Å². The molecule has 0 spiro atoms. The molecule has 0 unspecified atom stereocenters. The molecule has 1 N–H and O–H groups in total. The quantitative estimate of drug-likeness (QED) is 0.503. The molecule has 6 nitrogen and oxygen atoms in total. The van der Waals surface area contributed by atoms with Gasteiger partial charge in [0.25, 0.3) is 0 Å². The Labute approximate surface area is 171 Å². The Hall–Kier alpha value is -3.02. The molecule has 0 amide bonds. The van der Waals surface area contributed by atoms with E-state index in [4.69, 9.17) is 4.98 Å². The average Bonchev–Trinajstić information content (AvgIpc) is 3.10. The number of hydrogen-bond donors (Lipinski definition) is 1. The molecule has 0 atom stereocenters. The predicted molar refractivity (Wildman–Crippen MR) is 113 cm³/mol. The molecule has 2 aromatic heterocycles. The van der Waals surface area contributed by atoms with E-state index in [0.29, 0.717) is 17.7 Å². The predicted octanol–water partition coefficient (Wildman–Crippen LogP) is 4.77. The van der Waals surface area contributed by atoms with Gasteiger partial charge in [-0.1, -0.05) is 51.0 Å². The number of unbranched alkanes of at least 4 members (excludes halogenated alkanes) is 2. The standard InChI is InChI=1S/C23H28N4O2/c1-3-5-6-11-21-25-22(27(26-21)14-4-2)15-17-12-13-20(24-16-17)18-9-7-8-10-19(18)23(28)29/h7-10,12-13,16H,3-6,11,14-15H2,1-2H3,(H,28,29). The zero-order chi connectivity index (χ0) is 20.6. The first-order valence-electron chi connectivity index (χ1n) is 10.3. The van der Waals surface area contributed by atoms with Crippen LogP contribution in [0.3, 0.4) is 0 Å². The minimum atomic E-state index is -0.949. The normalized spacial score (nSPS) is 11.0. The number of benzene rings is 1. The smallest absolute Gasteiger partial charge is 0.336 e. The van der Waals surface area contributed by atoms with Gasteiger partial charge in [0.1, 0.15) is 5.82 Å². The second kappa shape index (κ2) is 9.96. The van der Waals surface area contributed by atoms with E-state index in [9.17, 15) is 9.90 Å². The number of pyridine rings is 1. The Morgan fingerprint density at radius 3 is 2.59 bits per heavy atom. The maximum atomic E-state index is 11.5. The molecule has 152 valence electrons. The molecule has 6 heteroatoms. The fourth-order valence-electron chi connectivity index (χ4n) is 3.35. The van der Waals surface area contributed by atoms with Crippen LogP contribution in [-0.4, -0.2) is 30.8 Å². The van der Waals surface area contributed by atoms with E-state index < -0.39 is 5.97 Å². The van der Waals surface area contributed by atoms with Gasteiger partial charge in [-0.2, -0.15) is 5.10 Å². The first-order valence-corrected chi connectivity index (χ1v) is 10.3. The second-order valence-corrected chi connectivity index (χ2v) is 7.20. The number of rotatable bonds is 10. The van der Waals surface area contributed by atoms with Crippen molar-refractivity contribution in [1.82, 2.24) is 19.7 Å². The molecule has 3 rings (SSSR count). The van der Waals surface area contributed by atoms with Crippen molar-refractivity contribution in [2.45, 2.75) is 58.9 Å². The minimum absolute atomic E-state index is 0.257. The Balaban J connectivity index is 1.78. The van der Waals surface area contributed by atoms with Crippen LogP contribution in [0.15, 0.2) is 42.6 Å². The summed E-state index contributed by atoms with van der Waals surface area (Å²) in [7, 11) is 0.